The van der Waals surface area contributed by atoms with Crippen LogP contribution in [0.1, 0.15) is 15.9 Å². The number of hydrogen-bond acceptors (Lipinski definition) is 3. The summed E-state index contributed by atoms with van der Waals surface area (Å²) >= 11 is 12.8. The van der Waals surface area contributed by atoms with E-state index in [4.69, 9.17) is 27.9 Å². The van der Waals surface area contributed by atoms with Gasteiger partial charge in [0.2, 0.25) is 0 Å². The molecule has 0 bridgehead atoms. The molecule has 0 aliphatic rings. The van der Waals surface area contributed by atoms with Gasteiger partial charge in [-0.25, -0.2) is 0 Å². The van der Waals surface area contributed by atoms with Crippen LogP contribution in [0.2, 0.25) is 10.0 Å². The fourth-order valence-corrected chi connectivity index (χ4v) is 5.69. The Hall–Kier alpha value is -1.52. The van der Waals surface area contributed by atoms with Crippen molar-refractivity contribution >= 4 is 38.2 Å². The van der Waals surface area contributed by atoms with E-state index >= 15 is 0 Å². The average Bonchev–Trinajstić information content (AvgIpc) is 3.12. The summed E-state index contributed by atoms with van der Waals surface area (Å²) in [4.78, 5) is 4.31. The van der Waals surface area contributed by atoms with Gasteiger partial charge in [-0.15, -0.1) is 0 Å². The molecule has 0 fully saturated rings. The fourth-order valence-electron chi connectivity index (χ4n) is 2.42. The number of methoxy groups -OCH3 is 1. The third-order valence-electron chi connectivity index (χ3n) is 3.74. The molecule has 0 spiro atoms. The van der Waals surface area contributed by atoms with Crippen molar-refractivity contribution in [3.8, 4) is 5.75 Å². The van der Waals surface area contributed by atoms with Crippen LogP contribution in [0.4, 0.5) is 0 Å². The summed E-state index contributed by atoms with van der Waals surface area (Å²) in [6, 6.07) is 13.9. The predicted octanol–water partition coefficient (Wildman–Crippen LogP) is 4.24. The summed E-state index contributed by atoms with van der Waals surface area (Å²) < 4.78 is 7.07. The van der Waals surface area contributed by atoms with Gasteiger partial charge in [-0.05, 0) is 0 Å². The monoisotopic (exact) mass is 441 g/mol. The van der Waals surface area contributed by atoms with E-state index in [1.54, 1.807) is 25.8 Å². The molecule has 1 unspecified atom stereocenters. The molecule has 130 valence electrons. The van der Waals surface area contributed by atoms with Crippen molar-refractivity contribution < 1.29 is 4.74 Å². The van der Waals surface area contributed by atoms with Gasteiger partial charge in [0.15, 0.2) is 0 Å². The molecule has 1 heterocycles. The molecule has 3 aromatic rings. The Morgan fingerprint density at radius 1 is 1.16 bits per heavy atom. The molecule has 25 heavy (non-hydrogen) atoms. The molecule has 0 radical (unpaired) electrons. The minimum absolute atomic E-state index is 0.279. The van der Waals surface area contributed by atoms with Gasteiger partial charge >= 0.3 is 163 Å². The van der Waals surface area contributed by atoms with Crippen LogP contribution in [0.15, 0.2) is 55.1 Å². The van der Waals surface area contributed by atoms with E-state index in [2.05, 4.69) is 22.2 Å². The van der Waals surface area contributed by atoms with Crippen LogP contribution < -0.4 is 4.74 Å². The molecule has 7 heteroatoms. The summed E-state index contributed by atoms with van der Waals surface area (Å²) in [5.41, 5.74) is 2.39. The van der Waals surface area contributed by atoms with Crippen molar-refractivity contribution in [2.75, 3.05) is 7.11 Å². The first-order valence-corrected chi connectivity index (χ1v) is 10.6. The predicted molar refractivity (Wildman–Crippen MR) is 102 cm³/mol. The van der Waals surface area contributed by atoms with Crippen molar-refractivity contribution in [3.05, 3.63) is 76.3 Å². The summed E-state index contributed by atoms with van der Waals surface area (Å²) in [5.74, 6) is 0.871. The van der Waals surface area contributed by atoms with Crippen LogP contribution in [-0.4, -0.2) is 36.8 Å². The number of rotatable bonds is 7. The summed E-state index contributed by atoms with van der Waals surface area (Å²) in [5, 5.41) is 6.58. The van der Waals surface area contributed by atoms with E-state index in [0.29, 0.717) is 10.0 Å². The topological polar surface area (TPSA) is 39.9 Å². The second-order valence-electron chi connectivity index (χ2n) is 5.43. The van der Waals surface area contributed by atoms with Crippen molar-refractivity contribution in [1.29, 1.82) is 0 Å². The van der Waals surface area contributed by atoms with Gasteiger partial charge in [-0.2, -0.15) is 0 Å². The average molecular weight is 441 g/mol. The zero-order chi connectivity index (χ0) is 17.6. The molecular formula is C18H17Cl2N3OSe. The number of nitrogens with zero attached hydrogens (tertiary/aromatic N) is 3. The van der Waals surface area contributed by atoms with Gasteiger partial charge in [0.1, 0.15) is 0 Å². The molecule has 0 saturated carbocycles. The van der Waals surface area contributed by atoms with Crippen LogP contribution in [-0.2, 0) is 11.9 Å². The van der Waals surface area contributed by atoms with Crippen LogP contribution in [0.3, 0.4) is 0 Å². The van der Waals surface area contributed by atoms with Crippen molar-refractivity contribution in [1.82, 2.24) is 14.8 Å². The zero-order valence-corrected chi connectivity index (χ0v) is 16.8. The Morgan fingerprint density at radius 2 is 1.96 bits per heavy atom. The third kappa shape index (κ3) is 4.99. The standard InChI is InChI=1S/C18H17Cl2N3OSe/c1-24-15-5-2-13(3-6-15)10-25-18(9-23-12-21-11-22-23)16-7-4-14(19)8-17(16)20/h2-8,11-12,18H,9-10H2,1H3. The second-order valence-corrected chi connectivity index (χ2v) is 8.77. The van der Waals surface area contributed by atoms with Gasteiger partial charge in [-0.3, -0.25) is 0 Å². The van der Waals surface area contributed by atoms with E-state index in [0.717, 1.165) is 23.2 Å². The minimum atomic E-state index is 0.279. The van der Waals surface area contributed by atoms with Gasteiger partial charge in [-0.1, -0.05) is 0 Å². The summed E-state index contributed by atoms with van der Waals surface area (Å²) in [7, 11) is 1.68. The Bertz CT molecular complexity index is 810. The molecule has 1 aromatic heterocycles. The van der Waals surface area contributed by atoms with Crippen molar-refractivity contribution in [2.45, 2.75) is 16.7 Å². The van der Waals surface area contributed by atoms with Crippen molar-refractivity contribution in [3.63, 3.8) is 0 Å². The molecule has 4 nitrogen and oxygen atoms in total. The summed E-state index contributed by atoms with van der Waals surface area (Å²) in [6.45, 7) is 0.748. The number of halogens is 2. The molecular weight excluding hydrogens is 424 g/mol. The first-order valence-electron chi connectivity index (χ1n) is 7.67. The van der Waals surface area contributed by atoms with Crippen molar-refractivity contribution in [2.24, 2.45) is 0 Å². The van der Waals surface area contributed by atoms with E-state index in [-0.39, 0.29) is 19.8 Å². The maximum atomic E-state index is 6.45. The Balaban J connectivity index is 1.77. The molecule has 2 aromatic carbocycles. The van der Waals surface area contributed by atoms with Crippen LogP contribution in [0.25, 0.3) is 0 Å². The van der Waals surface area contributed by atoms with Crippen LogP contribution in [0.5, 0.6) is 5.75 Å². The van der Waals surface area contributed by atoms with Crippen LogP contribution >= 0.6 is 23.2 Å². The van der Waals surface area contributed by atoms with E-state index in [1.165, 1.54) is 5.56 Å². The van der Waals surface area contributed by atoms with Gasteiger partial charge < -0.3 is 0 Å². The molecule has 0 saturated heterocycles. The molecule has 0 N–H and O–H groups in total. The molecule has 1 atom stereocenters. The number of aromatic nitrogens is 3. The summed E-state index contributed by atoms with van der Waals surface area (Å²) in [6.07, 6.45) is 3.29. The SMILES string of the molecule is COc1ccc(C[Se]C(Cn2cncn2)c2ccc(Cl)cc2Cl)cc1. The maximum absolute atomic E-state index is 6.45. The Morgan fingerprint density at radius 3 is 2.60 bits per heavy atom. The normalized spacial score (nSPS) is 12.1. The Labute approximate surface area is 163 Å². The zero-order valence-electron chi connectivity index (χ0n) is 13.6. The molecule has 3 rings (SSSR count). The van der Waals surface area contributed by atoms with Gasteiger partial charge in [0, 0.05) is 0 Å². The molecule has 0 aliphatic heterocycles. The van der Waals surface area contributed by atoms with E-state index in [1.807, 2.05) is 28.9 Å². The molecule has 0 aliphatic carbocycles. The van der Waals surface area contributed by atoms with E-state index in [9.17, 15) is 0 Å². The Kier molecular flexibility index (Phi) is 6.38. The first-order chi connectivity index (χ1) is 12.2. The number of hydrogen-bond donors (Lipinski definition) is 0. The third-order valence-corrected chi connectivity index (χ3v) is 7.04. The van der Waals surface area contributed by atoms with Gasteiger partial charge in [0.05, 0.1) is 0 Å². The number of benzene rings is 2. The quantitative estimate of drug-likeness (QED) is 0.516. The van der Waals surface area contributed by atoms with E-state index < -0.39 is 0 Å². The number of ether oxygens (including phenoxy) is 1. The molecule has 0 amide bonds. The fraction of sp³-hybridized carbons (Fsp3) is 0.222. The second kappa shape index (κ2) is 8.72. The first kappa shape index (κ1) is 18.3. The van der Waals surface area contributed by atoms with Crippen LogP contribution in [0, 0.1) is 0 Å². The van der Waals surface area contributed by atoms with Gasteiger partial charge in [0.25, 0.3) is 0 Å².